The Labute approximate surface area is 153 Å². The van der Waals surface area contributed by atoms with E-state index in [9.17, 15) is 14.4 Å². The summed E-state index contributed by atoms with van der Waals surface area (Å²) in [7, 11) is 1.45. The Balaban J connectivity index is 1.65. The molecular formula is C21H26O5. The standard InChI is InChI=1S/C21H26O5/c1-11(22)26-18-7-6-15-12-4-5-14-16(23)10-17(25-3)20(24)19(14)13(12)8-9-21(15,18)2/h10,12-13,15,18H,4-9H2,1-3H3/t12-,13+,15+,18+,21+/m1/s1. The quantitative estimate of drug-likeness (QED) is 0.560. The van der Waals surface area contributed by atoms with Crippen molar-refractivity contribution < 1.29 is 23.9 Å². The molecule has 4 rings (SSSR count). The molecule has 0 aromatic rings. The Morgan fingerprint density at radius 1 is 1.19 bits per heavy atom. The molecule has 0 aliphatic heterocycles. The second-order valence-corrected chi connectivity index (χ2v) is 8.43. The van der Waals surface area contributed by atoms with E-state index >= 15 is 0 Å². The minimum Gasteiger partial charge on any atom is -0.493 e. The summed E-state index contributed by atoms with van der Waals surface area (Å²) >= 11 is 0. The third kappa shape index (κ3) is 2.39. The summed E-state index contributed by atoms with van der Waals surface area (Å²) < 4.78 is 10.8. The number of hydrogen-bond donors (Lipinski definition) is 0. The van der Waals surface area contributed by atoms with E-state index < -0.39 is 0 Å². The molecule has 5 heteroatoms. The van der Waals surface area contributed by atoms with Crippen molar-refractivity contribution in [3.63, 3.8) is 0 Å². The Morgan fingerprint density at radius 2 is 1.96 bits per heavy atom. The summed E-state index contributed by atoms with van der Waals surface area (Å²) in [4.78, 5) is 36.9. The first kappa shape index (κ1) is 17.5. The first-order valence-electron chi connectivity index (χ1n) is 9.61. The average molecular weight is 358 g/mol. The Morgan fingerprint density at radius 3 is 2.65 bits per heavy atom. The van der Waals surface area contributed by atoms with Crippen LogP contribution >= 0.6 is 0 Å². The van der Waals surface area contributed by atoms with E-state index in [1.54, 1.807) is 0 Å². The number of carbonyl (C=O) groups is 3. The monoisotopic (exact) mass is 358 g/mol. The predicted molar refractivity (Wildman–Crippen MR) is 94.0 cm³/mol. The van der Waals surface area contributed by atoms with Gasteiger partial charge in [0.15, 0.2) is 11.5 Å². The number of ether oxygens (including phenoxy) is 2. The topological polar surface area (TPSA) is 69.7 Å². The molecule has 26 heavy (non-hydrogen) atoms. The highest BCUT2D eigenvalue weighted by atomic mass is 16.5. The molecule has 0 spiro atoms. The van der Waals surface area contributed by atoms with Gasteiger partial charge in [0.2, 0.25) is 5.78 Å². The van der Waals surface area contributed by atoms with Gasteiger partial charge in [-0.3, -0.25) is 14.4 Å². The molecule has 4 aliphatic rings. The zero-order valence-corrected chi connectivity index (χ0v) is 15.7. The smallest absolute Gasteiger partial charge is 0.302 e. The maximum atomic E-state index is 12.9. The van der Waals surface area contributed by atoms with Crippen LogP contribution in [-0.4, -0.2) is 30.7 Å². The third-order valence-corrected chi connectivity index (χ3v) is 7.33. The van der Waals surface area contributed by atoms with Crippen molar-refractivity contribution in [2.75, 3.05) is 7.11 Å². The van der Waals surface area contributed by atoms with Crippen molar-refractivity contribution in [3.8, 4) is 0 Å². The molecular weight excluding hydrogens is 332 g/mol. The zero-order chi connectivity index (χ0) is 18.6. The molecule has 5 nitrogen and oxygen atoms in total. The van der Waals surface area contributed by atoms with Crippen LogP contribution < -0.4 is 0 Å². The number of esters is 1. The Bertz CT molecular complexity index is 746. The van der Waals surface area contributed by atoms with Gasteiger partial charge in [0.05, 0.1) is 7.11 Å². The van der Waals surface area contributed by atoms with Crippen LogP contribution in [0.3, 0.4) is 0 Å². The van der Waals surface area contributed by atoms with Crippen molar-refractivity contribution in [1.82, 2.24) is 0 Å². The lowest BCUT2D eigenvalue weighted by Gasteiger charge is -2.50. The van der Waals surface area contributed by atoms with Gasteiger partial charge >= 0.3 is 5.97 Å². The van der Waals surface area contributed by atoms with Gasteiger partial charge in [-0.15, -0.1) is 0 Å². The van der Waals surface area contributed by atoms with Crippen molar-refractivity contribution >= 4 is 17.5 Å². The fourth-order valence-corrected chi connectivity index (χ4v) is 6.18. The molecule has 0 bridgehead atoms. The number of rotatable bonds is 2. The van der Waals surface area contributed by atoms with Crippen LogP contribution in [0, 0.1) is 23.2 Å². The molecule has 0 saturated heterocycles. The van der Waals surface area contributed by atoms with Crippen molar-refractivity contribution in [1.29, 1.82) is 0 Å². The van der Waals surface area contributed by atoms with Crippen LogP contribution in [0.4, 0.5) is 0 Å². The predicted octanol–water partition coefficient (Wildman–Crippen LogP) is 3.13. The molecule has 5 atom stereocenters. The Hall–Kier alpha value is -1.91. The van der Waals surface area contributed by atoms with Crippen LogP contribution in [0.5, 0.6) is 0 Å². The van der Waals surface area contributed by atoms with Gasteiger partial charge in [0.25, 0.3) is 0 Å². The van der Waals surface area contributed by atoms with Gasteiger partial charge in [0, 0.05) is 29.6 Å². The maximum absolute atomic E-state index is 12.9. The number of allylic oxidation sites excluding steroid dienone is 3. The number of hydrogen-bond acceptors (Lipinski definition) is 5. The Kier molecular flexibility index (Phi) is 4.08. The van der Waals surface area contributed by atoms with Gasteiger partial charge in [0.1, 0.15) is 6.10 Å². The van der Waals surface area contributed by atoms with E-state index in [4.69, 9.17) is 9.47 Å². The molecule has 140 valence electrons. The molecule has 0 aromatic carbocycles. The number of Topliss-reactive ketones (excluding diaryl/α,β-unsaturated/α-hetero) is 1. The zero-order valence-electron chi connectivity index (χ0n) is 15.7. The summed E-state index contributed by atoms with van der Waals surface area (Å²) in [5.74, 6) is 0.730. The SMILES string of the molecule is COC1=CC(=O)C2=C(C1=O)[C@H]1CC[C@]3(C)[C@@H](OC(C)=O)CC[C@H]3[C@@H]1CC2. The minimum atomic E-state index is -0.212. The van der Waals surface area contributed by atoms with Gasteiger partial charge in [-0.05, 0) is 56.3 Å². The lowest BCUT2D eigenvalue weighted by atomic mass is 9.54. The maximum Gasteiger partial charge on any atom is 0.302 e. The highest BCUT2D eigenvalue weighted by molar-refractivity contribution is 6.22. The summed E-state index contributed by atoms with van der Waals surface area (Å²) in [5.41, 5.74) is 1.39. The van der Waals surface area contributed by atoms with Crippen molar-refractivity contribution in [2.24, 2.45) is 23.2 Å². The highest BCUT2D eigenvalue weighted by Crippen LogP contribution is 2.61. The molecule has 0 heterocycles. The molecule has 4 aliphatic carbocycles. The number of ketones is 2. The van der Waals surface area contributed by atoms with Crippen LogP contribution in [0.25, 0.3) is 0 Å². The van der Waals surface area contributed by atoms with Crippen LogP contribution in [0.2, 0.25) is 0 Å². The van der Waals surface area contributed by atoms with E-state index in [0.717, 1.165) is 32.1 Å². The van der Waals surface area contributed by atoms with Crippen molar-refractivity contribution in [2.45, 2.75) is 58.5 Å². The molecule has 2 saturated carbocycles. The molecule has 0 radical (unpaired) electrons. The first-order chi connectivity index (χ1) is 12.4. The molecule has 0 N–H and O–H groups in total. The summed E-state index contributed by atoms with van der Waals surface area (Å²) in [6.45, 7) is 3.72. The van der Waals surface area contributed by atoms with Crippen LogP contribution in [0.15, 0.2) is 23.0 Å². The number of carbonyl (C=O) groups excluding carboxylic acids is 3. The van der Waals surface area contributed by atoms with E-state index in [-0.39, 0.29) is 40.7 Å². The summed E-state index contributed by atoms with van der Waals surface area (Å²) in [5, 5.41) is 0. The molecule has 0 aromatic heterocycles. The number of fused-ring (bicyclic) bond motifs is 4. The highest BCUT2D eigenvalue weighted by Gasteiger charge is 2.57. The van der Waals surface area contributed by atoms with E-state index in [2.05, 4.69) is 6.92 Å². The fourth-order valence-electron chi connectivity index (χ4n) is 6.18. The molecule has 2 fully saturated rings. The van der Waals surface area contributed by atoms with Gasteiger partial charge in [-0.2, -0.15) is 0 Å². The van der Waals surface area contributed by atoms with Crippen LogP contribution in [-0.2, 0) is 23.9 Å². The van der Waals surface area contributed by atoms with E-state index in [0.29, 0.717) is 29.4 Å². The first-order valence-corrected chi connectivity index (χ1v) is 9.61. The molecule has 0 amide bonds. The lowest BCUT2D eigenvalue weighted by molar-refractivity contribution is -0.155. The molecule has 0 unspecified atom stereocenters. The second kappa shape index (κ2) is 6.07. The summed E-state index contributed by atoms with van der Waals surface area (Å²) in [6, 6.07) is 0. The average Bonchev–Trinajstić information content (AvgIpc) is 2.93. The second-order valence-electron chi connectivity index (χ2n) is 8.43. The minimum absolute atomic E-state index is 0.0213. The number of methoxy groups -OCH3 is 1. The van der Waals surface area contributed by atoms with E-state index in [1.807, 2.05) is 0 Å². The van der Waals surface area contributed by atoms with Gasteiger partial charge in [-0.1, -0.05) is 6.92 Å². The van der Waals surface area contributed by atoms with E-state index in [1.165, 1.54) is 20.1 Å². The largest absolute Gasteiger partial charge is 0.493 e. The van der Waals surface area contributed by atoms with Gasteiger partial charge < -0.3 is 9.47 Å². The third-order valence-electron chi connectivity index (χ3n) is 7.33. The lowest BCUT2D eigenvalue weighted by Crippen LogP contribution is -2.47. The normalized spacial score (nSPS) is 39.0. The summed E-state index contributed by atoms with van der Waals surface area (Å²) in [6.07, 6.45) is 6.62. The van der Waals surface area contributed by atoms with Crippen molar-refractivity contribution in [3.05, 3.63) is 23.0 Å². The van der Waals surface area contributed by atoms with Gasteiger partial charge in [-0.25, -0.2) is 0 Å². The fraction of sp³-hybridized carbons (Fsp3) is 0.667. The van der Waals surface area contributed by atoms with Crippen LogP contribution in [0.1, 0.15) is 52.4 Å².